The van der Waals surface area contributed by atoms with E-state index in [9.17, 15) is 0 Å². The number of thiophene rings is 2. The van der Waals surface area contributed by atoms with Crippen LogP contribution in [0.25, 0.3) is 51.5 Å². The molecule has 0 aliphatic rings. The highest BCUT2D eigenvalue weighted by Gasteiger charge is 2.22. The van der Waals surface area contributed by atoms with E-state index in [1.54, 1.807) is 0 Å². The largest absolute Gasteiger partial charge is 0.309 e. The number of benzene rings is 8. The third-order valence-corrected chi connectivity index (χ3v) is 12.5. The van der Waals surface area contributed by atoms with Crippen LogP contribution >= 0.6 is 22.7 Å². The number of para-hydroxylation sites is 2. The van der Waals surface area contributed by atoms with Crippen molar-refractivity contribution in [3.05, 3.63) is 211 Å². The molecule has 52 heavy (non-hydrogen) atoms. The Morgan fingerprint density at radius 3 is 1.52 bits per heavy atom. The summed E-state index contributed by atoms with van der Waals surface area (Å²) in [5.41, 5.74) is 9.85. The quantitative estimate of drug-likeness (QED) is 0.150. The number of hydrogen-bond acceptors (Lipinski definition) is 3. The van der Waals surface area contributed by atoms with Crippen LogP contribution in [0.15, 0.2) is 194 Å². The van der Waals surface area contributed by atoms with Crippen molar-refractivity contribution in [2.24, 2.45) is 0 Å². The monoisotopic (exact) mass is 699 g/mol. The first-order valence-electron chi connectivity index (χ1n) is 17.7. The first kappa shape index (κ1) is 30.8. The SMILES string of the molecule is c1ccc(-c2ccc(C(c3ccc4sc5ccccc5c4c3)c3ccc4sc5c(N(c6ccccc6)c6ccccc6)cccc5c4c3)cc2)cc1. The molecular formula is C49H33NS2. The Morgan fingerprint density at radius 2 is 0.846 bits per heavy atom. The van der Waals surface area contributed by atoms with Gasteiger partial charge in [0, 0.05) is 52.9 Å². The van der Waals surface area contributed by atoms with E-state index < -0.39 is 0 Å². The van der Waals surface area contributed by atoms with Crippen molar-refractivity contribution < 1.29 is 0 Å². The van der Waals surface area contributed by atoms with Gasteiger partial charge in [-0.2, -0.15) is 0 Å². The number of anilines is 3. The van der Waals surface area contributed by atoms with Crippen molar-refractivity contribution in [1.29, 1.82) is 0 Å². The Labute approximate surface area is 311 Å². The summed E-state index contributed by atoms with van der Waals surface area (Å²) >= 11 is 3.76. The molecule has 0 radical (unpaired) electrons. The van der Waals surface area contributed by atoms with Crippen molar-refractivity contribution in [3.63, 3.8) is 0 Å². The normalized spacial score (nSPS) is 12.2. The lowest BCUT2D eigenvalue weighted by Gasteiger charge is -2.25. The molecule has 0 aliphatic heterocycles. The molecule has 1 unspecified atom stereocenters. The fraction of sp³-hybridized carbons (Fsp3) is 0.0204. The Kier molecular flexibility index (Phi) is 7.67. The van der Waals surface area contributed by atoms with Gasteiger partial charge in [0.2, 0.25) is 0 Å². The zero-order valence-electron chi connectivity index (χ0n) is 28.3. The molecule has 0 N–H and O–H groups in total. The zero-order chi connectivity index (χ0) is 34.4. The van der Waals surface area contributed by atoms with Crippen LogP contribution in [0.2, 0.25) is 0 Å². The predicted molar refractivity (Wildman–Crippen MR) is 226 cm³/mol. The number of rotatable bonds is 7. The van der Waals surface area contributed by atoms with E-state index in [0.29, 0.717) is 0 Å². The second-order valence-electron chi connectivity index (χ2n) is 13.3. The molecule has 0 fully saturated rings. The van der Waals surface area contributed by atoms with Gasteiger partial charge in [-0.25, -0.2) is 0 Å². The van der Waals surface area contributed by atoms with E-state index in [-0.39, 0.29) is 5.92 Å². The van der Waals surface area contributed by atoms with Crippen molar-refractivity contribution in [2.45, 2.75) is 5.92 Å². The summed E-state index contributed by atoms with van der Waals surface area (Å²) in [7, 11) is 0. The van der Waals surface area contributed by atoms with Crippen LogP contribution in [-0.4, -0.2) is 0 Å². The van der Waals surface area contributed by atoms with Crippen LogP contribution in [0.3, 0.4) is 0 Å². The van der Waals surface area contributed by atoms with E-state index in [2.05, 4.69) is 199 Å². The molecule has 0 amide bonds. The molecule has 10 rings (SSSR count). The Morgan fingerprint density at radius 1 is 0.346 bits per heavy atom. The summed E-state index contributed by atoms with van der Waals surface area (Å²) in [5.74, 6) is 0.0700. The molecule has 10 aromatic rings. The van der Waals surface area contributed by atoms with Crippen LogP contribution in [0.5, 0.6) is 0 Å². The summed E-state index contributed by atoms with van der Waals surface area (Å²) in [6.45, 7) is 0. The maximum absolute atomic E-state index is 2.46. The summed E-state index contributed by atoms with van der Waals surface area (Å²) in [6, 6.07) is 71.1. The molecule has 0 bridgehead atoms. The van der Waals surface area contributed by atoms with E-state index in [1.165, 1.54) is 73.8 Å². The minimum atomic E-state index is 0.0700. The topological polar surface area (TPSA) is 3.24 Å². The third kappa shape index (κ3) is 5.38. The summed E-state index contributed by atoms with van der Waals surface area (Å²) < 4.78 is 5.25. The van der Waals surface area contributed by atoms with Crippen LogP contribution in [0, 0.1) is 0 Å². The molecule has 0 aliphatic carbocycles. The molecule has 1 nitrogen and oxygen atoms in total. The van der Waals surface area contributed by atoms with Crippen molar-refractivity contribution >= 4 is 80.1 Å². The van der Waals surface area contributed by atoms with Gasteiger partial charge in [-0.05, 0) is 88.5 Å². The molecule has 0 saturated carbocycles. The van der Waals surface area contributed by atoms with E-state index in [1.807, 2.05) is 22.7 Å². The number of fused-ring (bicyclic) bond motifs is 6. The second kappa shape index (κ2) is 13.0. The van der Waals surface area contributed by atoms with Crippen LogP contribution in [-0.2, 0) is 0 Å². The van der Waals surface area contributed by atoms with Gasteiger partial charge < -0.3 is 4.90 Å². The summed E-state index contributed by atoms with van der Waals surface area (Å²) in [4.78, 5) is 2.39. The molecule has 246 valence electrons. The standard InChI is InChI=1S/C49H33NS2/c1-4-13-33(14-5-1)34-23-25-35(26-24-34)48(36-27-29-46-42(31-36)40-19-10-11-22-45(40)51-46)37-28-30-47-43(32-37)41-20-12-21-44(49(41)52-47)50(38-15-6-2-7-16-38)39-17-8-3-9-18-39/h1-32,48H. The number of nitrogens with zero attached hydrogens (tertiary/aromatic N) is 1. The predicted octanol–water partition coefficient (Wildman–Crippen LogP) is 14.7. The van der Waals surface area contributed by atoms with Gasteiger partial charge in [-0.15, -0.1) is 22.7 Å². The molecule has 0 saturated heterocycles. The zero-order valence-corrected chi connectivity index (χ0v) is 29.9. The average Bonchev–Trinajstić information content (AvgIpc) is 3.78. The maximum Gasteiger partial charge on any atom is 0.0640 e. The molecular weight excluding hydrogens is 667 g/mol. The van der Waals surface area contributed by atoms with Crippen molar-refractivity contribution in [2.75, 3.05) is 4.90 Å². The smallest absolute Gasteiger partial charge is 0.0640 e. The summed E-state index contributed by atoms with van der Waals surface area (Å²) in [5, 5.41) is 5.25. The van der Waals surface area contributed by atoms with E-state index in [0.717, 1.165) is 11.4 Å². The highest BCUT2D eigenvalue weighted by Crippen LogP contribution is 2.46. The van der Waals surface area contributed by atoms with Gasteiger partial charge in [-0.1, -0.05) is 133 Å². The lowest BCUT2D eigenvalue weighted by atomic mass is 9.83. The van der Waals surface area contributed by atoms with Gasteiger partial charge in [0.15, 0.2) is 0 Å². The minimum Gasteiger partial charge on any atom is -0.309 e. The molecule has 8 aromatic carbocycles. The number of hydrogen-bond donors (Lipinski definition) is 0. The Bertz CT molecular complexity index is 2800. The molecule has 2 aromatic heterocycles. The molecule has 2 heterocycles. The van der Waals surface area contributed by atoms with Crippen molar-refractivity contribution in [1.82, 2.24) is 0 Å². The van der Waals surface area contributed by atoms with Gasteiger partial charge in [0.1, 0.15) is 0 Å². The first-order valence-corrected chi connectivity index (χ1v) is 19.3. The fourth-order valence-electron chi connectivity index (χ4n) is 7.74. The van der Waals surface area contributed by atoms with Gasteiger partial charge >= 0.3 is 0 Å². The van der Waals surface area contributed by atoms with Gasteiger partial charge in [0.25, 0.3) is 0 Å². The van der Waals surface area contributed by atoms with Crippen LogP contribution in [0.4, 0.5) is 17.1 Å². The van der Waals surface area contributed by atoms with Crippen molar-refractivity contribution in [3.8, 4) is 11.1 Å². The lowest BCUT2D eigenvalue weighted by molar-refractivity contribution is 0.984. The van der Waals surface area contributed by atoms with Gasteiger partial charge in [-0.3, -0.25) is 0 Å². The minimum absolute atomic E-state index is 0.0700. The second-order valence-corrected chi connectivity index (χ2v) is 15.4. The summed E-state index contributed by atoms with van der Waals surface area (Å²) in [6.07, 6.45) is 0. The molecule has 0 spiro atoms. The van der Waals surface area contributed by atoms with Gasteiger partial charge in [0.05, 0.1) is 10.4 Å². The Balaban J connectivity index is 1.15. The average molecular weight is 700 g/mol. The van der Waals surface area contributed by atoms with E-state index in [4.69, 9.17) is 0 Å². The first-order chi connectivity index (χ1) is 25.8. The fourth-order valence-corrected chi connectivity index (χ4v) is 10.0. The Hall–Kier alpha value is -6.00. The van der Waals surface area contributed by atoms with Crippen LogP contribution < -0.4 is 4.90 Å². The third-order valence-electron chi connectivity index (χ3n) is 10.2. The molecule has 3 heteroatoms. The highest BCUT2D eigenvalue weighted by molar-refractivity contribution is 7.26. The highest BCUT2D eigenvalue weighted by atomic mass is 32.1. The van der Waals surface area contributed by atoms with Crippen LogP contribution in [0.1, 0.15) is 22.6 Å². The van der Waals surface area contributed by atoms with E-state index >= 15 is 0 Å². The lowest BCUT2D eigenvalue weighted by Crippen LogP contribution is -2.09. The maximum atomic E-state index is 2.46. The molecule has 1 atom stereocenters.